The smallest absolute Gasteiger partial charge is 0.224 e. The van der Waals surface area contributed by atoms with E-state index in [1.54, 1.807) is 11.8 Å². The van der Waals surface area contributed by atoms with Crippen molar-refractivity contribution in [1.29, 1.82) is 0 Å². The Kier molecular flexibility index (Phi) is 5.55. The van der Waals surface area contributed by atoms with Crippen LogP contribution in [0.3, 0.4) is 0 Å². The first-order chi connectivity index (χ1) is 9.22. The number of halogens is 1. The first-order valence-corrected chi connectivity index (χ1v) is 8.24. The topological polar surface area (TPSA) is 32.3 Å². The molecule has 19 heavy (non-hydrogen) atoms. The van der Waals surface area contributed by atoms with Gasteiger partial charge in [-0.15, -0.1) is 0 Å². The molecule has 5 heteroatoms. The first kappa shape index (κ1) is 14.7. The molecule has 0 bridgehead atoms. The van der Waals surface area contributed by atoms with Crippen LogP contribution in [0.25, 0.3) is 0 Å². The number of hydrogen-bond donors (Lipinski definition) is 1. The monoisotopic (exact) mass is 298 g/mol. The van der Waals surface area contributed by atoms with Gasteiger partial charge in [0, 0.05) is 36.8 Å². The summed E-state index contributed by atoms with van der Waals surface area (Å²) in [5.41, 5.74) is 1.11. The molecule has 104 valence electrons. The maximum absolute atomic E-state index is 12.3. The third-order valence-corrected chi connectivity index (χ3v) is 4.16. The van der Waals surface area contributed by atoms with Gasteiger partial charge in [-0.3, -0.25) is 4.79 Å². The van der Waals surface area contributed by atoms with Gasteiger partial charge in [0.05, 0.1) is 6.04 Å². The van der Waals surface area contributed by atoms with Crippen LogP contribution in [0.2, 0.25) is 5.02 Å². The van der Waals surface area contributed by atoms with Crippen molar-refractivity contribution in [2.45, 2.75) is 12.5 Å². The predicted octanol–water partition coefficient (Wildman–Crippen LogP) is 2.57. The van der Waals surface area contributed by atoms with Crippen LogP contribution in [-0.2, 0) is 4.79 Å². The average molecular weight is 299 g/mol. The van der Waals surface area contributed by atoms with E-state index in [0.29, 0.717) is 6.42 Å². The molecular formula is C14H19ClN2OS. The molecule has 1 aliphatic heterocycles. The van der Waals surface area contributed by atoms with Crippen LogP contribution < -0.4 is 5.32 Å². The third kappa shape index (κ3) is 3.88. The second-order valence-corrected chi connectivity index (χ2v) is 6.03. The van der Waals surface area contributed by atoms with Crippen LogP contribution in [0, 0.1) is 0 Å². The molecule has 1 N–H and O–H groups in total. The number of carbonyl (C=O) groups excluding carboxylic acids is 1. The summed E-state index contributed by atoms with van der Waals surface area (Å²) in [6, 6.07) is 7.90. The highest BCUT2D eigenvalue weighted by Gasteiger charge is 2.27. The number of nitrogens with one attached hydrogen (secondary N) is 1. The zero-order valence-electron chi connectivity index (χ0n) is 11.1. The van der Waals surface area contributed by atoms with Crippen LogP contribution in [0.4, 0.5) is 0 Å². The van der Waals surface area contributed by atoms with E-state index in [1.165, 1.54) is 0 Å². The summed E-state index contributed by atoms with van der Waals surface area (Å²) < 4.78 is 0. The molecule has 1 unspecified atom stereocenters. The maximum atomic E-state index is 12.3. The van der Waals surface area contributed by atoms with Crippen molar-refractivity contribution in [3.63, 3.8) is 0 Å². The fourth-order valence-corrected chi connectivity index (χ4v) is 2.92. The van der Waals surface area contributed by atoms with Gasteiger partial charge in [0.25, 0.3) is 0 Å². The Morgan fingerprint density at radius 3 is 3.16 bits per heavy atom. The van der Waals surface area contributed by atoms with Gasteiger partial charge in [-0.1, -0.05) is 23.7 Å². The molecule has 2 rings (SSSR count). The molecule has 1 amide bonds. The molecule has 1 aromatic carbocycles. The molecule has 1 fully saturated rings. The van der Waals surface area contributed by atoms with E-state index in [0.717, 1.165) is 36.0 Å². The molecule has 0 aromatic heterocycles. The van der Waals surface area contributed by atoms with E-state index in [-0.39, 0.29) is 11.9 Å². The molecule has 1 atom stereocenters. The van der Waals surface area contributed by atoms with Gasteiger partial charge in [-0.25, -0.2) is 0 Å². The van der Waals surface area contributed by atoms with Crippen molar-refractivity contribution in [2.75, 3.05) is 31.6 Å². The van der Waals surface area contributed by atoms with Gasteiger partial charge in [-0.05, 0) is 24.0 Å². The summed E-state index contributed by atoms with van der Waals surface area (Å²) in [7, 11) is 0. The second-order valence-electron chi connectivity index (χ2n) is 4.60. The molecule has 1 aromatic rings. The minimum atomic E-state index is 0.0989. The molecule has 1 heterocycles. The van der Waals surface area contributed by atoms with Crippen LogP contribution >= 0.6 is 23.4 Å². The van der Waals surface area contributed by atoms with E-state index in [9.17, 15) is 4.79 Å². The van der Waals surface area contributed by atoms with E-state index in [2.05, 4.69) is 5.32 Å². The Labute approximate surface area is 123 Å². The number of hydrogen-bond acceptors (Lipinski definition) is 3. The third-order valence-electron chi connectivity index (χ3n) is 3.32. The van der Waals surface area contributed by atoms with Gasteiger partial charge in [0.2, 0.25) is 5.91 Å². The summed E-state index contributed by atoms with van der Waals surface area (Å²) >= 11 is 7.76. The zero-order valence-corrected chi connectivity index (χ0v) is 12.6. The standard InChI is InChI=1S/C14H19ClN2OS/c1-19-8-5-14(18)17-7-6-16-10-13(17)11-3-2-4-12(15)9-11/h2-4,9,13,16H,5-8,10H2,1H3. The Balaban J connectivity index is 2.13. The van der Waals surface area contributed by atoms with Gasteiger partial charge >= 0.3 is 0 Å². The van der Waals surface area contributed by atoms with Crippen LogP contribution in [0.1, 0.15) is 18.0 Å². The number of benzene rings is 1. The molecule has 0 spiro atoms. The van der Waals surface area contributed by atoms with Crippen molar-refractivity contribution in [3.05, 3.63) is 34.9 Å². The summed E-state index contributed by atoms with van der Waals surface area (Å²) in [6.45, 7) is 2.43. The molecule has 0 saturated carbocycles. The fourth-order valence-electron chi connectivity index (χ4n) is 2.35. The fraction of sp³-hybridized carbons (Fsp3) is 0.500. The predicted molar refractivity (Wildman–Crippen MR) is 81.8 cm³/mol. The van der Waals surface area contributed by atoms with Crippen molar-refractivity contribution < 1.29 is 4.79 Å². The van der Waals surface area contributed by atoms with Crippen molar-refractivity contribution in [2.24, 2.45) is 0 Å². The Hall–Kier alpha value is -0.710. The minimum Gasteiger partial charge on any atom is -0.333 e. The van der Waals surface area contributed by atoms with Crippen LogP contribution in [0.15, 0.2) is 24.3 Å². The molecule has 3 nitrogen and oxygen atoms in total. The Morgan fingerprint density at radius 1 is 1.58 bits per heavy atom. The average Bonchev–Trinajstić information content (AvgIpc) is 2.45. The van der Waals surface area contributed by atoms with Crippen molar-refractivity contribution >= 4 is 29.3 Å². The largest absolute Gasteiger partial charge is 0.333 e. The van der Waals surface area contributed by atoms with Gasteiger partial charge < -0.3 is 10.2 Å². The minimum absolute atomic E-state index is 0.0989. The highest BCUT2D eigenvalue weighted by molar-refractivity contribution is 7.98. The van der Waals surface area contributed by atoms with Crippen LogP contribution in [0.5, 0.6) is 0 Å². The molecular weight excluding hydrogens is 280 g/mol. The summed E-state index contributed by atoms with van der Waals surface area (Å²) in [5.74, 6) is 1.12. The number of carbonyl (C=O) groups is 1. The Morgan fingerprint density at radius 2 is 2.42 bits per heavy atom. The number of thioether (sulfide) groups is 1. The first-order valence-electron chi connectivity index (χ1n) is 6.47. The number of amides is 1. The zero-order chi connectivity index (χ0) is 13.7. The SMILES string of the molecule is CSCCC(=O)N1CCNCC1c1cccc(Cl)c1. The molecule has 1 aliphatic rings. The summed E-state index contributed by atoms with van der Waals surface area (Å²) in [5, 5.41) is 4.07. The lowest BCUT2D eigenvalue weighted by molar-refractivity contribution is -0.134. The van der Waals surface area contributed by atoms with Crippen molar-refractivity contribution in [3.8, 4) is 0 Å². The normalized spacial score (nSPS) is 19.5. The molecule has 0 aliphatic carbocycles. The summed E-state index contributed by atoms with van der Waals surface area (Å²) in [4.78, 5) is 14.3. The van der Waals surface area contributed by atoms with E-state index < -0.39 is 0 Å². The highest BCUT2D eigenvalue weighted by Crippen LogP contribution is 2.25. The van der Waals surface area contributed by atoms with Gasteiger partial charge in [0.15, 0.2) is 0 Å². The number of rotatable bonds is 4. The lowest BCUT2D eigenvalue weighted by atomic mass is 10.0. The highest BCUT2D eigenvalue weighted by atomic mass is 35.5. The Bertz CT molecular complexity index is 441. The second kappa shape index (κ2) is 7.17. The quantitative estimate of drug-likeness (QED) is 0.927. The maximum Gasteiger partial charge on any atom is 0.224 e. The number of piperazine rings is 1. The van der Waals surface area contributed by atoms with E-state index in [1.807, 2.05) is 35.4 Å². The van der Waals surface area contributed by atoms with E-state index >= 15 is 0 Å². The molecule has 1 saturated heterocycles. The molecule has 0 radical (unpaired) electrons. The van der Waals surface area contributed by atoms with E-state index in [4.69, 9.17) is 11.6 Å². The van der Waals surface area contributed by atoms with Crippen LogP contribution in [-0.4, -0.2) is 42.4 Å². The van der Waals surface area contributed by atoms with Gasteiger partial charge in [-0.2, -0.15) is 11.8 Å². The van der Waals surface area contributed by atoms with Crippen molar-refractivity contribution in [1.82, 2.24) is 10.2 Å². The number of nitrogens with zero attached hydrogens (tertiary/aromatic N) is 1. The summed E-state index contributed by atoms with van der Waals surface area (Å²) in [6.07, 6.45) is 2.64. The lowest BCUT2D eigenvalue weighted by Crippen LogP contribution is -2.48. The van der Waals surface area contributed by atoms with Gasteiger partial charge in [0.1, 0.15) is 0 Å². The lowest BCUT2D eigenvalue weighted by Gasteiger charge is -2.36.